The van der Waals surface area contributed by atoms with Gasteiger partial charge in [0.25, 0.3) is 5.56 Å². The van der Waals surface area contributed by atoms with E-state index in [9.17, 15) is 9.35 Å². The monoisotopic (exact) mass is 616 g/mol. The van der Waals surface area contributed by atoms with Crippen molar-refractivity contribution in [3.05, 3.63) is 81.6 Å². The van der Waals surface area contributed by atoms with Gasteiger partial charge < -0.3 is 18.9 Å². The predicted octanol–water partition coefficient (Wildman–Crippen LogP) is 3.97. The van der Waals surface area contributed by atoms with Crippen molar-refractivity contribution < 1.29 is 14.0 Å². The third-order valence-corrected chi connectivity index (χ3v) is 8.33. The van der Waals surface area contributed by atoms with Crippen LogP contribution in [0.4, 0.5) is 11.4 Å². The summed E-state index contributed by atoms with van der Waals surface area (Å²) in [7, 11) is 8.13. The number of benzene rings is 2. The summed E-state index contributed by atoms with van der Waals surface area (Å²) >= 11 is 12.2. The number of nitrogens with zero attached hydrogens (tertiary/aromatic N) is 8. The molecule has 0 saturated carbocycles. The molecule has 0 N–H and O–H groups in total. The summed E-state index contributed by atoms with van der Waals surface area (Å²) in [5.74, 6) is 1.11. The second kappa shape index (κ2) is 11.6. The molecule has 0 fully saturated rings. The third kappa shape index (κ3) is 5.34. The molecule has 0 saturated heterocycles. The van der Waals surface area contributed by atoms with Gasteiger partial charge in [0.1, 0.15) is 27.9 Å². The molecule has 0 aliphatic heterocycles. The van der Waals surface area contributed by atoms with Gasteiger partial charge in [0, 0.05) is 39.1 Å². The fourth-order valence-corrected chi connectivity index (χ4v) is 5.80. The van der Waals surface area contributed by atoms with Gasteiger partial charge in [0.2, 0.25) is 0 Å². The fraction of sp³-hybridized carbons (Fsp3) is 0.231. The van der Waals surface area contributed by atoms with E-state index >= 15 is 0 Å². The normalized spacial score (nSPS) is 12.2. The van der Waals surface area contributed by atoms with Crippen LogP contribution in [0.2, 0.25) is 10.0 Å². The largest absolute Gasteiger partial charge is 0.573 e. The van der Waals surface area contributed by atoms with Crippen molar-refractivity contribution in [2.24, 2.45) is 7.05 Å². The van der Waals surface area contributed by atoms with E-state index in [1.807, 2.05) is 0 Å². The van der Waals surface area contributed by atoms with Gasteiger partial charge in [-0.2, -0.15) is 5.10 Å². The number of hydrogen-bond donors (Lipinski definition) is 0. The summed E-state index contributed by atoms with van der Waals surface area (Å²) in [6.07, 6.45) is 7.94. The zero-order valence-corrected chi connectivity index (χ0v) is 25.1. The molecule has 41 heavy (non-hydrogen) atoms. The molecule has 3 heterocycles. The summed E-state index contributed by atoms with van der Waals surface area (Å²) in [5, 5.41) is 4.93. The molecule has 12 nitrogen and oxygen atoms in total. The van der Waals surface area contributed by atoms with E-state index in [1.165, 1.54) is 29.1 Å². The highest BCUT2D eigenvalue weighted by Gasteiger charge is 2.27. The molecule has 1 unspecified atom stereocenters. The van der Waals surface area contributed by atoms with Crippen LogP contribution in [-0.2, 0) is 25.1 Å². The van der Waals surface area contributed by atoms with Crippen LogP contribution in [0.3, 0.4) is 0 Å². The molecule has 0 bridgehead atoms. The molecule has 5 aromatic rings. The number of imidazole rings is 1. The standard InChI is InChI=1S/C26H26Cl2N8O4S/c1-32(2)41(38)36-9-8-29-22(36)14-34(25-23(27)20(39-4)11-21(40-5)24(25)28)16-6-7-19-18(10-16)26(37)35(15-30-19)17-12-31-33(3)13-17/h6-13,15H,14H2,1-5H3. The Kier molecular flexibility index (Phi) is 8.16. The lowest BCUT2D eigenvalue weighted by atomic mass is 10.1. The second-order valence-electron chi connectivity index (χ2n) is 9.05. The molecular weight excluding hydrogens is 591 g/mol. The Bertz CT molecular complexity index is 1760. The number of rotatable bonds is 9. The van der Waals surface area contributed by atoms with E-state index in [2.05, 4.69) is 15.1 Å². The maximum Gasteiger partial charge on any atom is 0.265 e. The summed E-state index contributed by atoms with van der Waals surface area (Å²) < 4.78 is 30.1. The quantitative estimate of drug-likeness (QED) is 0.227. The zero-order chi connectivity index (χ0) is 29.4. The molecule has 5 rings (SSSR count). The summed E-state index contributed by atoms with van der Waals surface area (Å²) in [5.41, 5.74) is 1.68. The lowest BCUT2D eigenvalue weighted by Gasteiger charge is -2.28. The lowest BCUT2D eigenvalue weighted by Crippen LogP contribution is -2.31. The average Bonchev–Trinajstić information content (AvgIpc) is 3.61. The summed E-state index contributed by atoms with van der Waals surface area (Å²) in [6.45, 7) is 0.0743. The van der Waals surface area contributed by atoms with Crippen molar-refractivity contribution in [1.82, 2.24) is 32.6 Å². The molecule has 1 atom stereocenters. The maximum atomic E-state index is 13.6. The van der Waals surface area contributed by atoms with E-state index in [0.717, 1.165) is 0 Å². The van der Waals surface area contributed by atoms with E-state index in [1.54, 1.807) is 84.1 Å². The lowest BCUT2D eigenvalue weighted by molar-refractivity contribution is 0.394. The van der Waals surface area contributed by atoms with Gasteiger partial charge in [-0.1, -0.05) is 23.2 Å². The van der Waals surface area contributed by atoms with Gasteiger partial charge in [-0.05, 0) is 18.2 Å². The van der Waals surface area contributed by atoms with Gasteiger partial charge in [0.15, 0.2) is 17.4 Å². The number of halogens is 2. The first-order chi connectivity index (χ1) is 19.6. The highest BCUT2D eigenvalue weighted by Crippen LogP contribution is 2.48. The average molecular weight is 618 g/mol. The second-order valence-corrected chi connectivity index (χ2v) is 11.4. The molecule has 0 spiro atoms. The molecule has 15 heteroatoms. The van der Waals surface area contributed by atoms with Crippen molar-refractivity contribution in [3.8, 4) is 17.2 Å². The molecule has 3 aromatic heterocycles. The number of aromatic nitrogens is 6. The molecule has 214 valence electrons. The van der Waals surface area contributed by atoms with Gasteiger partial charge in [-0.3, -0.25) is 14.0 Å². The van der Waals surface area contributed by atoms with Crippen LogP contribution >= 0.6 is 23.2 Å². The van der Waals surface area contributed by atoms with Crippen molar-refractivity contribution >= 4 is 57.0 Å². The topological polar surface area (TPSA) is 119 Å². The predicted molar refractivity (Wildman–Crippen MR) is 159 cm³/mol. The highest BCUT2D eigenvalue weighted by atomic mass is 35.5. The van der Waals surface area contributed by atoms with Crippen LogP contribution in [0.15, 0.2) is 60.2 Å². The number of aryl methyl sites for hydroxylation is 1. The highest BCUT2D eigenvalue weighted by molar-refractivity contribution is 7.87. The minimum atomic E-state index is -1.54. The van der Waals surface area contributed by atoms with Crippen molar-refractivity contribution in [2.75, 3.05) is 33.2 Å². The Morgan fingerprint density at radius 1 is 1.07 bits per heavy atom. The SMILES string of the molecule is COc1cc(OC)c(Cl)c(N(Cc2nccn2[S+]([O-])N(C)C)c2ccc3ncn(-c4cnn(C)c4)c(=O)c3c2)c1Cl. The number of fused-ring (bicyclic) bond motifs is 1. The molecule has 0 radical (unpaired) electrons. The molecule has 0 amide bonds. The van der Waals surface area contributed by atoms with Crippen molar-refractivity contribution in [2.45, 2.75) is 6.54 Å². The zero-order valence-electron chi connectivity index (χ0n) is 22.8. The number of ether oxygens (including phenoxy) is 2. The van der Waals surface area contributed by atoms with Crippen LogP contribution in [-0.4, -0.2) is 65.5 Å². The van der Waals surface area contributed by atoms with Gasteiger partial charge >= 0.3 is 0 Å². The third-order valence-electron chi connectivity index (χ3n) is 6.30. The Hall–Kier alpha value is -3.75. The van der Waals surface area contributed by atoms with Gasteiger partial charge in [0.05, 0.1) is 61.6 Å². The minimum Gasteiger partial charge on any atom is -0.573 e. The van der Waals surface area contributed by atoms with Crippen molar-refractivity contribution in [3.63, 3.8) is 0 Å². The Balaban J connectivity index is 1.74. The summed E-state index contributed by atoms with van der Waals surface area (Å²) in [4.78, 5) is 24.3. The maximum absolute atomic E-state index is 13.6. The van der Waals surface area contributed by atoms with E-state index < -0.39 is 11.5 Å². The minimum absolute atomic E-state index is 0.0743. The fourth-order valence-electron chi connectivity index (χ4n) is 4.30. The Morgan fingerprint density at radius 3 is 2.39 bits per heavy atom. The molecular formula is C26H26Cl2N8O4S. The van der Waals surface area contributed by atoms with Crippen LogP contribution in [0.25, 0.3) is 16.6 Å². The van der Waals surface area contributed by atoms with E-state index in [-0.39, 0.29) is 22.1 Å². The first-order valence-corrected chi connectivity index (χ1v) is 14.0. The number of methoxy groups -OCH3 is 2. The van der Waals surface area contributed by atoms with Gasteiger partial charge in [-0.25, -0.2) is 9.97 Å². The van der Waals surface area contributed by atoms with Crippen LogP contribution < -0.4 is 19.9 Å². The van der Waals surface area contributed by atoms with Crippen molar-refractivity contribution in [1.29, 1.82) is 0 Å². The number of hydrogen-bond acceptors (Lipinski definition) is 9. The van der Waals surface area contributed by atoms with Crippen LogP contribution in [0.1, 0.15) is 5.82 Å². The van der Waals surface area contributed by atoms with Crippen LogP contribution in [0, 0.1) is 0 Å². The van der Waals surface area contributed by atoms with E-state index in [4.69, 9.17) is 32.7 Å². The first kappa shape index (κ1) is 28.8. The Morgan fingerprint density at radius 2 is 1.78 bits per heavy atom. The van der Waals surface area contributed by atoms with E-state index in [0.29, 0.717) is 45.3 Å². The molecule has 0 aliphatic carbocycles. The molecule has 0 aliphatic rings. The van der Waals surface area contributed by atoms with Crippen LogP contribution in [0.5, 0.6) is 11.5 Å². The number of anilines is 2. The first-order valence-electron chi connectivity index (χ1n) is 12.1. The molecule has 2 aromatic carbocycles. The van der Waals surface area contributed by atoms with Gasteiger partial charge in [-0.15, -0.1) is 8.28 Å². The summed E-state index contributed by atoms with van der Waals surface area (Å²) in [6, 6.07) is 6.81. The smallest absolute Gasteiger partial charge is 0.265 e. The Labute approximate surface area is 248 Å².